The lowest BCUT2D eigenvalue weighted by atomic mass is 9.76. The molecule has 3 aliphatic rings. The molecule has 1 N–H and O–H groups in total. The van der Waals surface area contributed by atoms with Gasteiger partial charge >= 0.3 is 0 Å². The van der Waals surface area contributed by atoms with Crippen LogP contribution < -0.4 is 5.32 Å². The van der Waals surface area contributed by atoms with Crippen molar-refractivity contribution < 1.29 is 0 Å². The van der Waals surface area contributed by atoms with Crippen LogP contribution in [0.25, 0.3) is 0 Å². The molecular formula is C15H28N2. The Labute approximate surface area is 106 Å². The fourth-order valence-electron chi connectivity index (χ4n) is 4.30. The van der Waals surface area contributed by atoms with E-state index in [0.29, 0.717) is 0 Å². The van der Waals surface area contributed by atoms with E-state index in [4.69, 9.17) is 0 Å². The summed E-state index contributed by atoms with van der Waals surface area (Å²) in [4.78, 5) is 2.79. The van der Waals surface area contributed by atoms with Crippen molar-refractivity contribution in [2.24, 2.45) is 5.41 Å². The van der Waals surface area contributed by atoms with Gasteiger partial charge in [-0.25, -0.2) is 0 Å². The Hall–Kier alpha value is -0.0800. The van der Waals surface area contributed by atoms with Crippen molar-refractivity contribution >= 4 is 0 Å². The van der Waals surface area contributed by atoms with Crippen LogP contribution in [0, 0.1) is 5.41 Å². The van der Waals surface area contributed by atoms with Crippen LogP contribution in [0.15, 0.2) is 0 Å². The van der Waals surface area contributed by atoms with Crippen LogP contribution in [0.4, 0.5) is 0 Å². The Morgan fingerprint density at radius 2 is 1.65 bits per heavy atom. The highest BCUT2D eigenvalue weighted by atomic mass is 15.2. The zero-order valence-corrected chi connectivity index (χ0v) is 11.2. The van der Waals surface area contributed by atoms with E-state index >= 15 is 0 Å². The van der Waals surface area contributed by atoms with E-state index in [9.17, 15) is 0 Å². The van der Waals surface area contributed by atoms with E-state index in [0.717, 1.165) is 11.5 Å². The van der Waals surface area contributed by atoms with Gasteiger partial charge in [0.15, 0.2) is 0 Å². The molecule has 2 nitrogen and oxygen atoms in total. The monoisotopic (exact) mass is 236 g/mol. The molecule has 1 saturated carbocycles. The number of rotatable bonds is 1. The standard InChI is InChI=1S/C15H28N2/c1-4-10-16-13-14(5-1)17-11-8-15(9-12-17)6-2-3-7-15/h14,16H,1-13H2. The Kier molecular flexibility index (Phi) is 3.72. The second-order valence-electron chi connectivity index (χ2n) is 6.60. The van der Waals surface area contributed by atoms with Crippen molar-refractivity contribution in [3.8, 4) is 0 Å². The predicted octanol–water partition coefficient (Wildman–Crippen LogP) is 2.78. The SMILES string of the molecule is C1CCC(N2CCC3(CCCC3)CC2)CNC1. The minimum absolute atomic E-state index is 0.786. The van der Waals surface area contributed by atoms with E-state index in [2.05, 4.69) is 10.2 Å². The first-order valence-electron chi connectivity index (χ1n) is 7.83. The quantitative estimate of drug-likeness (QED) is 0.753. The highest BCUT2D eigenvalue weighted by Gasteiger charge is 2.38. The Bertz CT molecular complexity index is 227. The highest BCUT2D eigenvalue weighted by molar-refractivity contribution is 4.91. The molecular weight excluding hydrogens is 208 g/mol. The van der Waals surface area contributed by atoms with Gasteiger partial charge in [0.25, 0.3) is 0 Å². The topological polar surface area (TPSA) is 15.3 Å². The molecule has 98 valence electrons. The van der Waals surface area contributed by atoms with Crippen LogP contribution in [0.1, 0.15) is 57.8 Å². The molecule has 2 aliphatic heterocycles. The maximum Gasteiger partial charge on any atom is 0.0220 e. The first-order chi connectivity index (χ1) is 8.38. The molecule has 0 bridgehead atoms. The van der Waals surface area contributed by atoms with E-state index in [-0.39, 0.29) is 0 Å². The molecule has 2 heteroatoms. The summed E-state index contributed by atoms with van der Waals surface area (Å²) in [5.41, 5.74) is 0.786. The molecule has 0 aromatic carbocycles. The highest BCUT2D eigenvalue weighted by Crippen LogP contribution is 2.46. The van der Waals surface area contributed by atoms with Gasteiger partial charge in [-0.1, -0.05) is 19.3 Å². The van der Waals surface area contributed by atoms with Crippen LogP contribution in [-0.2, 0) is 0 Å². The summed E-state index contributed by atoms with van der Waals surface area (Å²) in [6, 6.07) is 0.844. The zero-order valence-electron chi connectivity index (χ0n) is 11.2. The van der Waals surface area contributed by atoms with Crippen molar-refractivity contribution in [1.29, 1.82) is 0 Å². The van der Waals surface area contributed by atoms with Gasteiger partial charge in [-0.05, 0) is 63.6 Å². The van der Waals surface area contributed by atoms with Crippen LogP contribution in [0.3, 0.4) is 0 Å². The summed E-state index contributed by atoms with van der Waals surface area (Å²) in [7, 11) is 0. The number of hydrogen-bond donors (Lipinski definition) is 1. The molecule has 1 aliphatic carbocycles. The van der Waals surface area contributed by atoms with E-state index < -0.39 is 0 Å². The van der Waals surface area contributed by atoms with Crippen LogP contribution >= 0.6 is 0 Å². The van der Waals surface area contributed by atoms with Crippen LogP contribution in [0.5, 0.6) is 0 Å². The molecule has 0 radical (unpaired) electrons. The van der Waals surface area contributed by atoms with Crippen molar-refractivity contribution in [2.75, 3.05) is 26.2 Å². The maximum absolute atomic E-state index is 3.61. The molecule has 1 unspecified atom stereocenters. The summed E-state index contributed by atoms with van der Waals surface area (Å²) in [5, 5.41) is 3.61. The third-order valence-corrected chi connectivity index (χ3v) is 5.56. The maximum atomic E-state index is 3.61. The van der Waals surface area contributed by atoms with Gasteiger partial charge in [0, 0.05) is 12.6 Å². The van der Waals surface area contributed by atoms with E-state index in [1.165, 1.54) is 84.0 Å². The summed E-state index contributed by atoms with van der Waals surface area (Å²) in [6.07, 6.45) is 13.3. The Morgan fingerprint density at radius 1 is 0.882 bits per heavy atom. The molecule has 1 spiro atoms. The van der Waals surface area contributed by atoms with Crippen molar-refractivity contribution in [1.82, 2.24) is 10.2 Å². The number of hydrogen-bond acceptors (Lipinski definition) is 2. The smallest absolute Gasteiger partial charge is 0.0220 e. The largest absolute Gasteiger partial charge is 0.315 e. The summed E-state index contributed by atoms with van der Waals surface area (Å²) in [5.74, 6) is 0. The fraction of sp³-hybridized carbons (Fsp3) is 1.00. The molecule has 3 fully saturated rings. The van der Waals surface area contributed by atoms with E-state index in [1.807, 2.05) is 0 Å². The lowest BCUT2D eigenvalue weighted by Crippen LogP contribution is -2.47. The summed E-state index contributed by atoms with van der Waals surface area (Å²) < 4.78 is 0. The minimum Gasteiger partial charge on any atom is -0.315 e. The lowest BCUT2D eigenvalue weighted by Gasteiger charge is -2.42. The Morgan fingerprint density at radius 3 is 2.41 bits per heavy atom. The first kappa shape index (κ1) is 12.0. The van der Waals surface area contributed by atoms with Crippen molar-refractivity contribution in [2.45, 2.75) is 63.8 Å². The molecule has 0 aromatic rings. The first-order valence-corrected chi connectivity index (χ1v) is 7.83. The summed E-state index contributed by atoms with van der Waals surface area (Å²) in [6.45, 7) is 5.25. The summed E-state index contributed by atoms with van der Waals surface area (Å²) >= 11 is 0. The second-order valence-corrected chi connectivity index (χ2v) is 6.60. The number of nitrogens with one attached hydrogen (secondary N) is 1. The van der Waals surface area contributed by atoms with Gasteiger partial charge in [0.1, 0.15) is 0 Å². The van der Waals surface area contributed by atoms with Gasteiger partial charge in [-0.2, -0.15) is 0 Å². The van der Waals surface area contributed by atoms with Gasteiger partial charge < -0.3 is 5.32 Å². The molecule has 0 amide bonds. The molecule has 0 aromatic heterocycles. The van der Waals surface area contributed by atoms with Crippen molar-refractivity contribution in [3.05, 3.63) is 0 Å². The van der Waals surface area contributed by atoms with Gasteiger partial charge in [0.2, 0.25) is 0 Å². The van der Waals surface area contributed by atoms with Crippen LogP contribution in [-0.4, -0.2) is 37.1 Å². The molecule has 3 rings (SSSR count). The molecule has 2 heterocycles. The normalized spacial score (nSPS) is 34.9. The van der Waals surface area contributed by atoms with Crippen molar-refractivity contribution in [3.63, 3.8) is 0 Å². The molecule has 17 heavy (non-hydrogen) atoms. The third-order valence-electron chi connectivity index (χ3n) is 5.56. The van der Waals surface area contributed by atoms with Gasteiger partial charge in [-0.15, -0.1) is 0 Å². The van der Waals surface area contributed by atoms with E-state index in [1.54, 1.807) is 0 Å². The molecule has 1 atom stereocenters. The van der Waals surface area contributed by atoms with Crippen LogP contribution in [0.2, 0.25) is 0 Å². The Balaban J connectivity index is 1.53. The number of piperidine rings is 1. The second kappa shape index (κ2) is 5.27. The lowest BCUT2D eigenvalue weighted by molar-refractivity contribution is 0.0739. The minimum atomic E-state index is 0.786. The van der Waals surface area contributed by atoms with Gasteiger partial charge in [0.05, 0.1) is 0 Å². The predicted molar refractivity (Wildman–Crippen MR) is 72.2 cm³/mol. The third kappa shape index (κ3) is 2.68. The number of nitrogens with zero attached hydrogens (tertiary/aromatic N) is 1. The average molecular weight is 236 g/mol. The fourth-order valence-corrected chi connectivity index (χ4v) is 4.30. The molecule has 2 saturated heterocycles. The van der Waals surface area contributed by atoms with Gasteiger partial charge in [-0.3, -0.25) is 4.90 Å². The number of likely N-dealkylation sites (tertiary alicyclic amines) is 1. The average Bonchev–Trinajstić information content (AvgIpc) is 2.65. The zero-order chi connectivity index (χ0) is 11.6.